The molecule has 1 radical (unpaired) electrons. The van der Waals surface area contributed by atoms with E-state index in [-0.39, 0.29) is 49.1 Å². The largest absolute Gasteiger partial charge is 0.392 e. The van der Waals surface area contributed by atoms with Crippen molar-refractivity contribution < 1.29 is 30.3 Å². The predicted octanol–water partition coefficient (Wildman–Crippen LogP) is 9.50. The summed E-state index contributed by atoms with van der Waals surface area (Å²) in [5.74, 6) is 1.38. The fourth-order valence-corrected chi connectivity index (χ4v) is 8.77. The van der Waals surface area contributed by atoms with Crippen LogP contribution in [0.2, 0.25) is 0 Å². The van der Waals surface area contributed by atoms with E-state index in [1.807, 2.05) is 18.2 Å². The van der Waals surface area contributed by atoms with Gasteiger partial charge in [0, 0.05) is 26.0 Å². The van der Waals surface area contributed by atoms with Gasteiger partial charge in [0.1, 0.15) is 0 Å². The molecule has 3 aromatic rings. The van der Waals surface area contributed by atoms with E-state index in [0.717, 1.165) is 61.2 Å². The molecule has 0 saturated heterocycles. The number of aromatic nitrogens is 1. The van der Waals surface area contributed by atoms with Gasteiger partial charge in [-0.05, 0) is 103 Å². The summed E-state index contributed by atoms with van der Waals surface area (Å²) in [4.78, 5) is 4.85. The molecule has 2 aromatic carbocycles. The summed E-state index contributed by atoms with van der Waals surface area (Å²) in [5.41, 5.74) is 4.73. The Morgan fingerprint density at radius 3 is 2.12 bits per heavy atom. The Balaban J connectivity index is 0.000000189. The molecule has 0 amide bonds. The molecule has 3 aliphatic rings. The van der Waals surface area contributed by atoms with Gasteiger partial charge in [0.2, 0.25) is 0 Å². The second kappa shape index (κ2) is 14.5. The molecule has 4 heteroatoms. The van der Waals surface area contributed by atoms with Crippen molar-refractivity contribution >= 4 is 10.9 Å². The van der Waals surface area contributed by atoms with E-state index < -0.39 is 0 Å². The Labute approximate surface area is 268 Å². The Morgan fingerprint density at radius 2 is 1.48 bits per heavy atom. The van der Waals surface area contributed by atoms with Crippen LogP contribution >= 0.6 is 0 Å². The van der Waals surface area contributed by atoms with Gasteiger partial charge in [0.25, 0.3) is 0 Å². The Bertz CT molecular complexity index is 1260. The van der Waals surface area contributed by atoms with Crippen molar-refractivity contribution in [2.75, 3.05) is 0 Å². The molecule has 6 rings (SSSR count). The minimum Gasteiger partial charge on any atom is -0.392 e. The first kappa shape index (κ1) is 33.3. The first-order chi connectivity index (χ1) is 19.9. The van der Waals surface area contributed by atoms with E-state index in [1.54, 1.807) is 0 Å². The first-order valence-electron chi connectivity index (χ1n) is 16.6. The molecular formula is C38H52IrNO2-. The smallest absolute Gasteiger partial charge is 0.0651 e. The average Bonchev–Trinajstić information content (AvgIpc) is 3.63. The van der Waals surface area contributed by atoms with Crippen molar-refractivity contribution in [3.8, 4) is 11.3 Å². The number of rotatable bonds is 6. The van der Waals surface area contributed by atoms with Crippen LogP contribution in [0.25, 0.3) is 22.2 Å². The van der Waals surface area contributed by atoms with Crippen LogP contribution in [0.3, 0.4) is 0 Å². The number of benzene rings is 2. The Hall–Kier alpha value is -1.58. The Morgan fingerprint density at radius 1 is 0.810 bits per heavy atom. The molecule has 4 atom stereocenters. The number of nitrogens with zero attached hydrogens (tertiary/aromatic N) is 1. The van der Waals surface area contributed by atoms with Gasteiger partial charge in [-0.3, -0.25) is 4.98 Å². The van der Waals surface area contributed by atoms with Gasteiger partial charge in [-0.2, -0.15) is 0 Å². The van der Waals surface area contributed by atoms with E-state index in [4.69, 9.17) is 4.98 Å². The van der Waals surface area contributed by atoms with E-state index in [9.17, 15) is 10.2 Å². The maximum Gasteiger partial charge on any atom is 0.0651 e. The third-order valence-corrected chi connectivity index (χ3v) is 11.8. The molecule has 0 spiro atoms. The summed E-state index contributed by atoms with van der Waals surface area (Å²) in [5, 5.41) is 23.3. The molecule has 3 nitrogen and oxygen atoms in total. The van der Waals surface area contributed by atoms with Crippen LogP contribution in [0.5, 0.6) is 0 Å². The van der Waals surface area contributed by atoms with Crippen LogP contribution in [0, 0.1) is 28.7 Å². The molecule has 0 aliphatic heterocycles. The maximum absolute atomic E-state index is 11.1. The molecule has 3 saturated carbocycles. The van der Waals surface area contributed by atoms with Crippen molar-refractivity contribution in [1.29, 1.82) is 0 Å². The summed E-state index contributed by atoms with van der Waals surface area (Å²) in [6.45, 7) is 8.83. The zero-order valence-electron chi connectivity index (χ0n) is 26.2. The number of aliphatic hydroxyl groups excluding tert-OH is 2. The monoisotopic (exact) mass is 747 g/mol. The van der Waals surface area contributed by atoms with Gasteiger partial charge >= 0.3 is 0 Å². The van der Waals surface area contributed by atoms with Crippen LogP contribution in [-0.2, 0) is 20.1 Å². The van der Waals surface area contributed by atoms with E-state index >= 15 is 0 Å². The zero-order chi connectivity index (χ0) is 29.0. The summed E-state index contributed by atoms with van der Waals surface area (Å²) >= 11 is 0. The minimum atomic E-state index is -0.319. The van der Waals surface area contributed by atoms with Gasteiger partial charge in [0.15, 0.2) is 0 Å². The first-order valence-corrected chi connectivity index (χ1v) is 16.6. The van der Waals surface area contributed by atoms with Gasteiger partial charge < -0.3 is 10.2 Å². The fraction of sp³-hybridized carbons (Fsp3) is 0.605. The second-order valence-corrected chi connectivity index (χ2v) is 13.4. The standard InChI is InChI=1S/C20H18N.C18H34O2.Ir/c1-2-8-16(9-3-1)19-13-12-17-10-11-18(14-20(17)21-19)15-6-4-5-7-15;1-5-17(6-2)11-9-10-13-12-18(7-3,8-4)16(20)14(13)15(17)19;/h1-3,8,10-15H,4-7H2;13-16,19-20H,5-12H2,1-4H3;/q-1;;. The second-order valence-electron chi connectivity index (χ2n) is 13.4. The van der Waals surface area contributed by atoms with Crippen LogP contribution in [-0.4, -0.2) is 27.4 Å². The van der Waals surface area contributed by atoms with E-state index in [2.05, 4.69) is 70.2 Å². The number of fused-ring (bicyclic) bond motifs is 2. The minimum absolute atomic E-state index is 0. The van der Waals surface area contributed by atoms with Crippen molar-refractivity contribution in [2.45, 2.75) is 123 Å². The molecule has 4 unspecified atom stereocenters. The predicted molar refractivity (Wildman–Crippen MR) is 171 cm³/mol. The third-order valence-electron chi connectivity index (χ3n) is 11.8. The SMILES string of the molecule is CCC1(CC)CCCC2CC(CC)(CC)C(O)C2C1O.[Ir].[c-]1ccccc1-c1ccc2ccc(C3CCCC3)cc2n1. The number of aliphatic hydroxyl groups is 2. The number of hydrogen-bond donors (Lipinski definition) is 2. The van der Waals surface area contributed by atoms with Gasteiger partial charge in [-0.1, -0.05) is 71.2 Å². The summed E-state index contributed by atoms with van der Waals surface area (Å²) in [6.07, 6.45) is 13.6. The third kappa shape index (κ3) is 6.44. The summed E-state index contributed by atoms with van der Waals surface area (Å²) in [6, 6.07) is 22.3. The molecule has 2 N–H and O–H groups in total. The average molecular weight is 747 g/mol. The molecule has 42 heavy (non-hydrogen) atoms. The fourth-order valence-electron chi connectivity index (χ4n) is 8.77. The van der Waals surface area contributed by atoms with Gasteiger partial charge in [0.05, 0.1) is 17.7 Å². The number of pyridine rings is 1. The molecule has 1 heterocycles. The molecule has 231 valence electrons. The van der Waals surface area contributed by atoms with Crippen LogP contribution in [0.15, 0.2) is 54.6 Å². The molecule has 3 fully saturated rings. The summed E-state index contributed by atoms with van der Waals surface area (Å²) < 4.78 is 0. The molecule has 0 bridgehead atoms. The van der Waals surface area contributed by atoms with Crippen molar-refractivity contribution in [2.24, 2.45) is 22.7 Å². The van der Waals surface area contributed by atoms with Crippen molar-refractivity contribution in [3.63, 3.8) is 0 Å². The summed E-state index contributed by atoms with van der Waals surface area (Å²) in [7, 11) is 0. The van der Waals surface area contributed by atoms with E-state index in [1.165, 1.54) is 49.5 Å². The van der Waals surface area contributed by atoms with Crippen molar-refractivity contribution in [3.05, 3.63) is 66.2 Å². The normalized spacial score (nSPS) is 26.5. The van der Waals surface area contributed by atoms with Crippen LogP contribution in [0.1, 0.15) is 116 Å². The molecule has 1 aromatic heterocycles. The molecular weight excluding hydrogens is 695 g/mol. The van der Waals surface area contributed by atoms with Crippen LogP contribution < -0.4 is 0 Å². The number of hydrogen-bond acceptors (Lipinski definition) is 3. The topological polar surface area (TPSA) is 53.4 Å². The maximum atomic E-state index is 11.1. The van der Waals surface area contributed by atoms with Crippen LogP contribution in [0.4, 0.5) is 0 Å². The van der Waals surface area contributed by atoms with E-state index in [0.29, 0.717) is 5.92 Å². The zero-order valence-corrected chi connectivity index (χ0v) is 28.6. The quantitative estimate of drug-likeness (QED) is 0.247. The van der Waals surface area contributed by atoms with Crippen molar-refractivity contribution in [1.82, 2.24) is 4.98 Å². The Kier molecular flexibility index (Phi) is 11.5. The molecule has 3 aliphatic carbocycles. The van der Waals surface area contributed by atoms with Gasteiger partial charge in [-0.25, -0.2) is 0 Å². The van der Waals surface area contributed by atoms with Gasteiger partial charge in [-0.15, -0.1) is 35.9 Å².